The number of nitrogens with zero attached hydrogens (tertiary/aromatic N) is 2. The lowest BCUT2D eigenvalue weighted by molar-refractivity contribution is -0.856. The van der Waals surface area contributed by atoms with Gasteiger partial charge in [-0.05, 0) is 36.8 Å². The van der Waals surface area contributed by atoms with Crippen molar-refractivity contribution in [1.29, 1.82) is 0 Å². The molecular formula is C20H23FN3O2S+. The van der Waals surface area contributed by atoms with E-state index in [1.807, 2.05) is 33.2 Å². The quantitative estimate of drug-likeness (QED) is 0.706. The van der Waals surface area contributed by atoms with E-state index in [0.717, 1.165) is 22.3 Å². The summed E-state index contributed by atoms with van der Waals surface area (Å²) in [5, 5.41) is 0.591. The Labute approximate surface area is 162 Å². The van der Waals surface area contributed by atoms with Crippen LogP contribution >= 0.6 is 11.3 Å². The van der Waals surface area contributed by atoms with E-state index in [4.69, 9.17) is 4.74 Å². The van der Waals surface area contributed by atoms with E-state index in [0.29, 0.717) is 23.0 Å². The molecule has 3 rings (SSSR count). The molecule has 0 saturated carbocycles. The Balaban J connectivity index is 2.06. The van der Waals surface area contributed by atoms with Crippen molar-refractivity contribution >= 4 is 32.6 Å². The highest BCUT2D eigenvalue weighted by molar-refractivity contribution is 7.22. The number of aromatic nitrogens is 1. The second-order valence-corrected chi connectivity index (χ2v) is 7.66. The third kappa shape index (κ3) is 4.09. The third-order valence-electron chi connectivity index (χ3n) is 4.30. The number of amides is 1. The molecule has 142 valence electrons. The number of rotatable bonds is 6. The molecule has 1 N–H and O–H groups in total. The van der Waals surface area contributed by atoms with Crippen LogP contribution in [0.5, 0.6) is 5.75 Å². The fraction of sp³-hybridized carbons (Fsp3) is 0.300. The Morgan fingerprint density at radius 3 is 2.74 bits per heavy atom. The summed E-state index contributed by atoms with van der Waals surface area (Å²) < 4.78 is 20.0. The van der Waals surface area contributed by atoms with Crippen molar-refractivity contribution in [3.63, 3.8) is 0 Å². The number of carbonyl (C=O) groups is 1. The molecule has 0 radical (unpaired) electrons. The van der Waals surface area contributed by atoms with E-state index in [-0.39, 0.29) is 5.91 Å². The molecule has 0 saturated heterocycles. The van der Waals surface area contributed by atoms with Crippen molar-refractivity contribution in [2.24, 2.45) is 0 Å². The normalized spacial score (nSPS) is 11.2. The summed E-state index contributed by atoms with van der Waals surface area (Å²) in [4.78, 5) is 20.6. The molecule has 0 atom stereocenters. The van der Waals surface area contributed by atoms with Gasteiger partial charge in [-0.1, -0.05) is 23.5 Å². The standard InChI is InChI=1S/C20H22FN3O2S/c1-13-8-9-16(26-4)17-18(13)27-20(22-17)24(11-10-23(2)3)19(25)14-6-5-7-15(21)12-14/h5-9,12H,10-11H2,1-4H3/p+1. The molecule has 7 heteroatoms. The predicted octanol–water partition coefficient (Wildman–Crippen LogP) is 2.54. The van der Waals surface area contributed by atoms with Gasteiger partial charge < -0.3 is 9.64 Å². The van der Waals surface area contributed by atoms with Crippen molar-refractivity contribution in [2.45, 2.75) is 6.92 Å². The fourth-order valence-electron chi connectivity index (χ4n) is 2.78. The van der Waals surface area contributed by atoms with Gasteiger partial charge in [0.1, 0.15) is 17.1 Å². The van der Waals surface area contributed by atoms with Gasteiger partial charge in [-0.15, -0.1) is 0 Å². The molecule has 1 amide bonds. The molecule has 0 aliphatic rings. The van der Waals surface area contributed by atoms with Gasteiger partial charge >= 0.3 is 0 Å². The molecule has 5 nitrogen and oxygen atoms in total. The minimum atomic E-state index is -0.430. The van der Waals surface area contributed by atoms with Crippen LogP contribution in [0.4, 0.5) is 9.52 Å². The lowest BCUT2D eigenvalue weighted by atomic mass is 10.2. The maximum absolute atomic E-state index is 13.6. The second kappa shape index (κ2) is 8.02. The van der Waals surface area contributed by atoms with E-state index in [2.05, 4.69) is 4.98 Å². The maximum Gasteiger partial charge on any atom is 0.260 e. The number of hydrogen-bond acceptors (Lipinski definition) is 4. The number of ether oxygens (including phenoxy) is 1. The number of benzene rings is 2. The van der Waals surface area contributed by atoms with Crippen molar-refractivity contribution in [2.75, 3.05) is 39.2 Å². The highest BCUT2D eigenvalue weighted by Gasteiger charge is 2.23. The zero-order valence-corrected chi connectivity index (χ0v) is 16.7. The van der Waals surface area contributed by atoms with Crippen LogP contribution < -0.4 is 14.5 Å². The number of carbonyl (C=O) groups excluding carboxylic acids is 1. The zero-order valence-electron chi connectivity index (χ0n) is 15.9. The molecule has 1 aromatic heterocycles. The van der Waals surface area contributed by atoms with E-state index < -0.39 is 5.82 Å². The average molecular weight is 388 g/mol. The van der Waals surface area contributed by atoms with Gasteiger partial charge in [0.05, 0.1) is 39.0 Å². The molecule has 1 heterocycles. The number of thiazole rings is 1. The van der Waals surface area contributed by atoms with E-state index in [1.165, 1.54) is 28.4 Å². The monoisotopic (exact) mass is 388 g/mol. The SMILES string of the molecule is COc1ccc(C)c2sc(N(CC[NH+](C)C)C(=O)c3cccc(F)c3)nc12. The molecule has 3 aromatic rings. The summed E-state index contributed by atoms with van der Waals surface area (Å²) in [6.45, 7) is 3.23. The van der Waals surface area contributed by atoms with Gasteiger partial charge in [0, 0.05) is 5.56 Å². The number of nitrogens with one attached hydrogen (secondary N) is 1. The van der Waals surface area contributed by atoms with Crippen LogP contribution in [0.1, 0.15) is 15.9 Å². The van der Waals surface area contributed by atoms with Crippen LogP contribution in [-0.4, -0.2) is 45.2 Å². The summed E-state index contributed by atoms with van der Waals surface area (Å²) in [5.74, 6) is -0.0123. The first-order valence-corrected chi connectivity index (χ1v) is 9.53. The number of aryl methyl sites for hydroxylation is 1. The number of anilines is 1. The van der Waals surface area contributed by atoms with E-state index >= 15 is 0 Å². The third-order valence-corrected chi connectivity index (χ3v) is 5.51. The van der Waals surface area contributed by atoms with Gasteiger partial charge in [-0.2, -0.15) is 0 Å². The topological polar surface area (TPSA) is 46.9 Å². The summed E-state index contributed by atoms with van der Waals surface area (Å²) >= 11 is 1.45. The molecule has 27 heavy (non-hydrogen) atoms. The van der Waals surface area contributed by atoms with Crippen LogP contribution in [0.15, 0.2) is 36.4 Å². The Morgan fingerprint density at radius 2 is 2.07 bits per heavy atom. The molecule has 0 aliphatic carbocycles. The molecular weight excluding hydrogens is 365 g/mol. The fourth-order valence-corrected chi connectivity index (χ4v) is 3.85. The van der Waals surface area contributed by atoms with Crippen LogP contribution in [0, 0.1) is 12.7 Å². The van der Waals surface area contributed by atoms with E-state index in [9.17, 15) is 9.18 Å². The number of hydrogen-bond donors (Lipinski definition) is 1. The van der Waals surface area contributed by atoms with Crippen molar-refractivity contribution in [1.82, 2.24) is 4.98 Å². The van der Waals surface area contributed by atoms with Crippen molar-refractivity contribution < 1.29 is 18.8 Å². The minimum absolute atomic E-state index is 0.258. The Bertz CT molecular complexity index is 971. The summed E-state index contributed by atoms with van der Waals surface area (Å²) in [5.41, 5.74) is 2.13. The Kier molecular flexibility index (Phi) is 5.72. The van der Waals surface area contributed by atoms with Gasteiger partial charge in [-0.3, -0.25) is 9.69 Å². The highest BCUT2D eigenvalue weighted by atomic mass is 32.1. The van der Waals surface area contributed by atoms with Crippen LogP contribution in [0.2, 0.25) is 0 Å². The summed E-state index contributed by atoms with van der Waals surface area (Å²) in [6.07, 6.45) is 0. The van der Waals surface area contributed by atoms with Gasteiger partial charge in [0.25, 0.3) is 5.91 Å². The molecule has 0 unspecified atom stereocenters. The Morgan fingerprint density at radius 1 is 1.30 bits per heavy atom. The first kappa shape index (κ1) is 19.3. The minimum Gasteiger partial charge on any atom is -0.494 e. The molecule has 2 aromatic carbocycles. The number of methoxy groups -OCH3 is 1. The first-order chi connectivity index (χ1) is 12.9. The number of halogens is 1. The number of likely N-dealkylation sites (N-methyl/N-ethyl adjacent to an activating group) is 1. The van der Waals surface area contributed by atoms with Crippen molar-refractivity contribution in [3.05, 3.63) is 53.3 Å². The predicted molar refractivity (Wildman–Crippen MR) is 107 cm³/mol. The molecule has 0 fully saturated rings. The molecule has 0 aliphatic heterocycles. The van der Waals surface area contributed by atoms with Gasteiger partial charge in [-0.25, -0.2) is 9.37 Å². The van der Waals surface area contributed by atoms with Gasteiger partial charge in [0.15, 0.2) is 5.13 Å². The van der Waals surface area contributed by atoms with Crippen molar-refractivity contribution in [3.8, 4) is 5.75 Å². The van der Waals surface area contributed by atoms with E-state index in [1.54, 1.807) is 24.1 Å². The average Bonchev–Trinajstić information content (AvgIpc) is 3.08. The maximum atomic E-state index is 13.6. The lowest BCUT2D eigenvalue weighted by Crippen LogP contribution is -3.06. The highest BCUT2D eigenvalue weighted by Crippen LogP contribution is 2.36. The second-order valence-electron chi connectivity index (χ2n) is 6.68. The van der Waals surface area contributed by atoms with Crippen LogP contribution in [0.25, 0.3) is 10.2 Å². The molecule has 0 spiro atoms. The lowest BCUT2D eigenvalue weighted by Gasteiger charge is -2.20. The van der Waals surface area contributed by atoms with Crippen LogP contribution in [-0.2, 0) is 0 Å². The summed E-state index contributed by atoms with van der Waals surface area (Å²) in [7, 11) is 5.65. The smallest absolute Gasteiger partial charge is 0.260 e. The van der Waals surface area contributed by atoms with Gasteiger partial charge in [0.2, 0.25) is 0 Å². The first-order valence-electron chi connectivity index (χ1n) is 8.71. The number of quaternary nitrogens is 1. The zero-order chi connectivity index (χ0) is 19.6. The molecule has 0 bridgehead atoms. The largest absolute Gasteiger partial charge is 0.494 e. The number of fused-ring (bicyclic) bond motifs is 1. The Hall–Kier alpha value is -2.51. The van der Waals surface area contributed by atoms with Crippen LogP contribution in [0.3, 0.4) is 0 Å². The summed E-state index contributed by atoms with van der Waals surface area (Å²) in [6, 6.07) is 9.62.